The highest BCUT2D eigenvalue weighted by Crippen LogP contribution is 2.50. The number of nitrogens with zero attached hydrogens (tertiary/aromatic N) is 2. The number of rotatable bonds is 7. The van der Waals surface area contributed by atoms with Gasteiger partial charge in [0.2, 0.25) is 0 Å². The molecular weight excluding hydrogens is 359 g/mol. The van der Waals surface area contributed by atoms with E-state index >= 15 is 0 Å². The van der Waals surface area contributed by atoms with E-state index < -0.39 is 7.82 Å². The van der Waals surface area contributed by atoms with Gasteiger partial charge in [-0.05, 0) is 44.1 Å². The summed E-state index contributed by atoms with van der Waals surface area (Å²) in [6, 6.07) is 9.92. The van der Waals surface area contributed by atoms with Gasteiger partial charge >= 0.3 is 7.82 Å². The van der Waals surface area contributed by atoms with Gasteiger partial charge in [-0.1, -0.05) is 41.2 Å². The maximum absolute atomic E-state index is 12.2. The number of oxime groups is 1. The highest BCUT2D eigenvalue weighted by molar-refractivity contribution is 8.18. The van der Waals surface area contributed by atoms with E-state index in [2.05, 4.69) is 11.2 Å². The molecule has 6 nitrogen and oxygen atoms in total. The van der Waals surface area contributed by atoms with Gasteiger partial charge in [-0.3, -0.25) is 13.7 Å². The number of hydrogen-bond acceptors (Lipinski definition) is 7. The molecular formula is C17H19N2O4PS. The monoisotopic (exact) mass is 378 g/mol. The van der Waals surface area contributed by atoms with Crippen LogP contribution in [0.4, 0.5) is 0 Å². The zero-order valence-corrected chi connectivity index (χ0v) is 16.0. The topological polar surface area (TPSA) is 80.9 Å². The number of phosphoric ester groups is 1. The largest absolute Gasteiger partial charge is 0.550 e. The molecule has 2 rings (SSSR count). The second-order valence-electron chi connectivity index (χ2n) is 4.90. The molecule has 0 amide bonds. The van der Waals surface area contributed by atoms with E-state index in [-0.39, 0.29) is 13.2 Å². The first-order chi connectivity index (χ1) is 12.0. The van der Waals surface area contributed by atoms with Crippen LogP contribution >= 0.6 is 19.6 Å². The van der Waals surface area contributed by atoms with Crippen LogP contribution in [0.25, 0.3) is 5.57 Å². The zero-order valence-electron chi connectivity index (χ0n) is 14.3. The third kappa shape index (κ3) is 5.07. The molecule has 1 aromatic rings. The van der Waals surface area contributed by atoms with Crippen molar-refractivity contribution in [2.45, 2.75) is 20.8 Å². The van der Waals surface area contributed by atoms with Crippen molar-refractivity contribution in [3.63, 3.8) is 0 Å². The number of hydrogen-bond donors (Lipinski definition) is 0. The summed E-state index contributed by atoms with van der Waals surface area (Å²) < 4.78 is 27.3. The molecule has 0 fully saturated rings. The van der Waals surface area contributed by atoms with Crippen molar-refractivity contribution in [2.75, 3.05) is 13.2 Å². The maximum atomic E-state index is 12.2. The van der Waals surface area contributed by atoms with E-state index in [0.29, 0.717) is 10.6 Å². The Morgan fingerprint density at radius 1 is 1.24 bits per heavy atom. The number of nitriles is 1. The molecule has 1 aliphatic rings. The van der Waals surface area contributed by atoms with E-state index in [4.69, 9.17) is 13.7 Å². The molecule has 0 aromatic heterocycles. The number of thioether (sulfide) groups is 1. The average molecular weight is 378 g/mol. The van der Waals surface area contributed by atoms with Crippen molar-refractivity contribution < 1.29 is 18.2 Å². The smallest absolute Gasteiger partial charge is 0.291 e. The molecule has 25 heavy (non-hydrogen) atoms. The summed E-state index contributed by atoms with van der Waals surface area (Å²) in [7, 11) is -3.70. The molecule has 0 atom stereocenters. The third-order valence-corrected chi connectivity index (χ3v) is 5.58. The molecule has 0 unspecified atom stereocenters. The Morgan fingerprint density at radius 3 is 2.52 bits per heavy atom. The lowest BCUT2D eigenvalue weighted by molar-refractivity contribution is 0.125. The van der Waals surface area contributed by atoms with Crippen LogP contribution in [0.3, 0.4) is 0 Å². The predicted molar refractivity (Wildman–Crippen MR) is 99.8 cm³/mol. The Balaban J connectivity index is 2.20. The van der Waals surface area contributed by atoms with Crippen LogP contribution in [0.2, 0.25) is 0 Å². The number of aryl methyl sites for hydroxylation is 1. The van der Waals surface area contributed by atoms with Crippen molar-refractivity contribution >= 4 is 30.2 Å². The molecule has 0 N–H and O–H groups in total. The van der Waals surface area contributed by atoms with Crippen molar-refractivity contribution in [1.82, 2.24) is 0 Å². The van der Waals surface area contributed by atoms with E-state index in [1.807, 2.05) is 31.2 Å². The lowest BCUT2D eigenvalue weighted by Gasteiger charge is -2.12. The summed E-state index contributed by atoms with van der Waals surface area (Å²) >= 11 is 1.26. The first kappa shape index (κ1) is 19.5. The average Bonchev–Trinajstić information content (AvgIpc) is 3.05. The Hall–Kier alpha value is -1.84. The highest BCUT2D eigenvalue weighted by Gasteiger charge is 2.28. The Labute approximate surface area is 151 Å². The molecule has 0 aliphatic carbocycles. The van der Waals surface area contributed by atoms with Gasteiger partial charge in [0.05, 0.1) is 18.8 Å². The number of phosphoric acid groups is 1. The molecule has 1 aliphatic heterocycles. The second-order valence-corrected chi connectivity index (χ2v) is 7.53. The fourth-order valence-electron chi connectivity index (χ4n) is 2.10. The van der Waals surface area contributed by atoms with Gasteiger partial charge < -0.3 is 0 Å². The van der Waals surface area contributed by atoms with Gasteiger partial charge in [0.15, 0.2) is 0 Å². The molecule has 0 saturated heterocycles. The predicted octanol–water partition coefficient (Wildman–Crippen LogP) is 5.04. The first-order valence-electron chi connectivity index (χ1n) is 7.75. The quantitative estimate of drug-likeness (QED) is 0.375. The number of benzene rings is 1. The SMILES string of the molecule is CCOP(=O)(OCC)O/N=C1C=C/C(=C(\C#N)c2ccccc2C)S\1. The van der Waals surface area contributed by atoms with Crippen molar-refractivity contribution in [3.05, 3.63) is 52.4 Å². The molecule has 1 aromatic carbocycles. The van der Waals surface area contributed by atoms with Gasteiger partial charge in [0, 0.05) is 4.91 Å². The standard InChI is InChI=1S/C17H19N2O4PS/c1-4-21-24(20,22-5-2)23-19-17-11-10-16(25-17)15(12-18)14-9-7-6-8-13(14)3/h6-11H,4-5H2,1-3H3/b16-15-,19-17+. The first-order valence-corrected chi connectivity index (χ1v) is 10.0. The van der Waals surface area contributed by atoms with Crippen molar-refractivity contribution in [2.24, 2.45) is 5.16 Å². The summed E-state index contributed by atoms with van der Waals surface area (Å²) in [4.78, 5) is 0.752. The minimum atomic E-state index is -3.70. The van der Waals surface area contributed by atoms with Crippen LogP contribution in [-0.2, 0) is 18.2 Å². The van der Waals surface area contributed by atoms with Gasteiger partial charge in [-0.25, -0.2) is 4.57 Å². The van der Waals surface area contributed by atoms with Gasteiger partial charge in [0.1, 0.15) is 11.1 Å². The van der Waals surface area contributed by atoms with Crippen LogP contribution in [-0.4, -0.2) is 18.3 Å². The lowest BCUT2D eigenvalue weighted by Crippen LogP contribution is -1.98. The van der Waals surface area contributed by atoms with Crippen molar-refractivity contribution in [3.8, 4) is 6.07 Å². The Kier molecular flexibility index (Phi) is 7.03. The fourth-order valence-corrected chi connectivity index (χ4v) is 3.98. The second kappa shape index (κ2) is 9.02. The zero-order chi connectivity index (χ0) is 18.3. The summed E-state index contributed by atoms with van der Waals surface area (Å²) in [5.41, 5.74) is 2.44. The molecule has 8 heteroatoms. The molecule has 0 saturated carbocycles. The van der Waals surface area contributed by atoms with E-state index in [1.54, 1.807) is 26.0 Å². The van der Waals surface area contributed by atoms with Gasteiger partial charge in [-0.2, -0.15) is 5.26 Å². The highest BCUT2D eigenvalue weighted by atomic mass is 32.2. The summed E-state index contributed by atoms with van der Waals surface area (Å²) in [6.45, 7) is 5.70. The van der Waals surface area contributed by atoms with E-state index in [0.717, 1.165) is 16.0 Å². The number of allylic oxidation sites excluding steroid dienone is 2. The maximum Gasteiger partial charge on any atom is 0.550 e. The molecule has 132 valence electrons. The van der Waals surface area contributed by atoms with Crippen LogP contribution in [0.5, 0.6) is 0 Å². The van der Waals surface area contributed by atoms with Gasteiger partial charge in [0.25, 0.3) is 0 Å². The lowest BCUT2D eigenvalue weighted by atomic mass is 10.0. The Morgan fingerprint density at radius 2 is 1.92 bits per heavy atom. The van der Waals surface area contributed by atoms with Crippen LogP contribution in [0.1, 0.15) is 25.0 Å². The minimum Gasteiger partial charge on any atom is -0.291 e. The molecule has 1 heterocycles. The summed E-state index contributed by atoms with van der Waals surface area (Å²) in [5.74, 6) is 0. The molecule has 0 radical (unpaired) electrons. The Bertz CT molecular complexity index is 801. The van der Waals surface area contributed by atoms with E-state index in [9.17, 15) is 9.83 Å². The van der Waals surface area contributed by atoms with E-state index in [1.165, 1.54) is 11.8 Å². The molecule has 0 bridgehead atoms. The normalized spacial score (nSPS) is 17.6. The van der Waals surface area contributed by atoms with Crippen molar-refractivity contribution in [1.29, 1.82) is 5.26 Å². The van der Waals surface area contributed by atoms with Crippen LogP contribution in [0, 0.1) is 18.3 Å². The van der Waals surface area contributed by atoms with Crippen LogP contribution < -0.4 is 0 Å². The van der Waals surface area contributed by atoms with Gasteiger partial charge in [-0.15, -0.1) is 0 Å². The summed E-state index contributed by atoms with van der Waals surface area (Å²) in [6.07, 6.45) is 3.47. The van der Waals surface area contributed by atoms with Crippen LogP contribution in [0.15, 0.2) is 46.5 Å². The minimum absolute atomic E-state index is 0.183. The third-order valence-electron chi connectivity index (χ3n) is 3.17. The fraction of sp³-hybridized carbons (Fsp3) is 0.294. The molecule has 0 spiro atoms. The summed E-state index contributed by atoms with van der Waals surface area (Å²) in [5, 5.41) is 13.9.